The maximum atomic E-state index is 12.6. The first kappa shape index (κ1) is 19.5. The fourth-order valence-electron chi connectivity index (χ4n) is 3.14. The van der Waals surface area contributed by atoms with E-state index in [2.05, 4.69) is 0 Å². The summed E-state index contributed by atoms with van der Waals surface area (Å²) in [6.45, 7) is 6.32. The largest absolute Gasteiger partial charge is 0.449 e. The summed E-state index contributed by atoms with van der Waals surface area (Å²) in [6, 6.07) is 10.3. The molecule has 1 fully saturated rings. The highest BCUT2D eigenvalue weighted by Gasteiger charge is 2.31. The molecule has 2 heterocycles. The van der Waals surface area contributed by atoms with Gasteiger partial charge in [-0.15, -0.1) is 0 Å². The van der Waals surface area contributed by atoms with Crippen molar-refractivity contribution in [3.63, 3.8) is 0 Å². The third-order valence-corrected chi connectivity index (χ3v) is 4.64. The number of furan rings is 1. The number of ether oxygens (including phenoxy) is 2. The Morgan fingerprint density at radius 3 is 2.48 bits per heavy atom. The second-order valence-electron chi connectivity index (χ2n) is 6.69. The zero-order chi connectivity index (χ0) is 19.6. The number of amides is 1. The lowest BCUT2D eigenvalue weighted by Gasteiger charge is -2.36. The minimum atomic E-state index is -0.913. The lowest BCUT2D eigenvalue weighted by molar-refractivity contribution is -0.151. The molecule has 2 aromatic rings. The van der Waals surface area contributed by atoms with Gasteiger partial charge in [-0.05, 0) is 45.0 Å². The van der Waals surface area contributed by atoms with E-state index in [0.29, 0.717) is 29.4 Å². The average molecular weight is 392 g/mol. The number of esters is 1. The summed E-state index contributed by atoms with van der Waals surface area (Å²) in [6.07, 6.45) is -1.02. The molecule has 0 saturated carbocycles. The SMILES string of the molecule is C[C@@H]1CN(C(=O)[C@H](C)OC(=O)c2ccc(-c3ccccc3Cl)o2)C[C@@H](C)O1. The number of morpholine rings is 1. The fraction of sp³-hybridized carbons (Fsp3) is 0.400. The summed E-state index contributed by atoms with van der Waals surface area (Å²) in [7, 11) is 0. The zero-order valence-corrected chi connectivity index (χ0v) is 16.2. The van der Waals surface area contributed by atoms with Crippen LogP contribution >= 0.6 is 11.6 Å². The van der Waals surface area contributed by atoms with Gasteiger partial charge in [0.2, 0.25) is 5.76 Å². The van der Waals surface area contributed by atoms with Gasteiger partial charge in [-0.2, -0.15) is 0 Å². The molecular formula is C20H22ClNO5. The molecule has 3 rings (SSSR count). The van der Waals surface area contributed by atoms with E-state index in [0.717, 1.165) is 0 Å². The van der Waals surface area contributed by atoms with E-state index in [1.54, 1.807) is 30.0 Å². The third-order valence-electron chi connectivity index (χ3n) is 4.31. The van der Waals surface area contributed by atoms with Gasteiger partial charge in [-0.25, -0.2) is 4.79 Å². The quantitative estimate of drug-likeness (QED) is 0.742. The van der Waals surface area contributed by atoms with Gasteiger partial charge in [0.25, 0.3) is 5.91 Å². The fourth-order valence-corrected chi connectivity index (χ4v) is 3.37. The van der Waals surface area contributed by atoms with Crippen LogP contribution in [0.1, 0.15) is 31.3 Å². The first-order valence-corrected chi connectivity index (χ1v) is 9.23. The molecule has 27 heavy (non-hydrogen) atoms. The van der Waals surface area contributed by atoms with Crippen LogP contribution in [0.4, 0.5) is 0 Å². The van der Waals surface area contributed by atoms with Crippen LogP contribution in [0.5, 0.6) is 0 Å². The molecule has 6 nitrogen and oxygen atoms in total. The van der Waals surface area contributed by atoms with Crippen molar-refractivity contribution in [3.05, 3.63) is 47.2 Å². The van der Waals surface area contributed by atoms with Crippen LogP contribution in [-0.2, 0) is 14.3 Å². The van der Waals surface area contributed by atoms with Crippen molar-refractivity contribution in [2.75, 3.05) is 13.1 Å². The van der Waals surface area contributed by atoms with Gasteiger partial charge in [0, 0.05) is 18.7 Å². The van der Waals surface area contributed by atoms with Crippen LogP contribution in [0.15, 0.2) is 40.8 Å². The van der Waals surface area contributed by atoms with E-state index < -0.39 is 12.1 Å². The normalized spacial score (nSPS) is 21.0. The molecule has 144 valence electrons. The molecule has 1 aliphatic heterocycles. The van der Waals surface area contributed by atoms with E-state index >= 15 is 0 Å². The third kappa shape index (κ3) is 4.51. The molecular weight excluding hydrogens is 370 g/mol. The molecule has 0 N–H and O–H groups in total. The van der Waals surface area contributed by atoms with Crippen LogP contribution < -0.4 is 0 Å². The van der Waals surface area contributed by atoms with Gasteiger partial charge >= 0.3 is 5.97 Å². The molecule has 0 unspecified atom stereocenters. The lowest BCUT2D eigenvalue weighted by atomic mass is 10.2. The van der Waals surface area contributed by atoms with Gasteiger partial charge < -0.3 is 18.8 Å². The van der Waals surface area contributed by atoms with E-state index in [-0.39, 0.29) is 23.9 Å². The van der Waals surface area contributed by atoms with Crippen LogP contribution in [-0.4, -0.2) is 48.2 Å². The van der Waals surface area contributed by atoms with Crippen molar-refractivity contribution in [3.8, 4) is 11.3 Å². The number of halogens is 1. The predicted molar refractivity (Wildman–Crippen MR) is 101 cm³/mol. The van der Waals surface area contributed by atoms with Crippen molar-refractivity contribution >= 4 is 23.5 Å². The van der Waals surface area contributed by atoms with Crippen molar-refractivity contribution in [1.82, 2.24) is 4.90 Å². The predicted octanol–water partition coefficient (Wildman–Crippen LogP) is 3.78. The topological polar surface area (TPSA) is 69.0 Å². The number of nitrogens with zero attached hydrogens (tertiary/aromatic N) is 1. The van der Waals surface area contributed by atoms with Gasteiger partial charge in [0.15, 0.2) is 6.10 Å². The highest BCUT2D eigenvalue weighted by atomic mass is 35.5. The second kappa shape index (κ2) is 8.15. The molecule has 1 saturated heterocycles. The summed E-state index contributed by atoms with van der Waals surface area (Å²) >= 11 is 6.15. The molecule has 1 aromatic heterocycles. The van der Waals surface area contributed by atoms with Crippen molar-refractivity contribution in [1.29, 1.82) is 0 Å². The van der Waals surface area contributed by atoms with Gasteiger partial charge in [-0.3, -0.25) is 4.79 Å². The smallest absolute Gasteiger partial charge is 0.375 e. The van der Waals surface area contributed by atoms with Crippen LogP contribution in [0.2, 0.25) is 5.02 Å². The van der Waals surface area contributed by atoms with Crippen molar-refractivity contribution < 1.29 is 23.5 Å². The molecule has 1 aliphatic rings. The Morgan fingerprint density at radius 2 is 1.81 bits per heavy atom. The summed E-state index contributed by atoms with van der Waals surface area (Å²) < 4.78 is 16.5. The summed E-state index contributed by atoms with van der Waals surface area (Å²) in [5, 5.41) is 0.519. The highest BCUT2D eigenvalue weighted by molar-refractivity contribution is 6.33. The average Bonchev–Trinajstić information content (AvgIpc) is 3.10. The van der Waals surface area contributed by atoms with Crippen LogP contribution in [0, 0.1) is 0 Å². The number of carbonyl (C=O) groups is 2. The Balaban J connectivity index is 1.65. The van der Waals surface area contributed by atoms with E-state index in [1.165, 1.54) is 6.07 Å². The van der Waals surface area contributed by atoms with Crippen LogP contribution in [0.3, 0.4) is 0 Å². The van der Waals surface area contributed by atoms with E-state index in [9.17, 15) is 9.59 Å². The Labute approximate surface area is 163 Å². The summed E-state index contributed by atoms with van der Waals surface area (Å²) in [4.78, 5) is 26.6. The Bertz CT molecular complexity index is 823. The maximum absolute atomic E-state index is 12.6. The Kier molecular flexibility index (Phi) is 5.87. The molecule has 7 heteroatoms. The number of hydrogen-bond acceptors (Lipinski definition) is 5. The van der Waals surface area contributed by atoms with Gasteiger partial charge in [0.1, 0.15) is 5.76 Å². The summed E-state index contributed by atoms with van der Waals surface area (Å²) in [5.74, 6) is -0.456. The lowest BCUT2D eigenvalue weighted by Crippen LogP contribution is -2.51. The zero-order valence-electron chi connectivity index (χ0n) is 15.5. The minimum Gasteiger partial charge on any atom is -0.449 e. The molecule has 0 bridgehead atoms. The number of benzene rings is 1. The van der Waals surface area contributed by atoms with E-state index in [4.69, 9.17) is 25.5 Å². The molecule has 1 amide bonds. The molecule has 0 aliphatic carbocycles. The van der Waals surface area contributed by atoms with Crippen molar-refractivity contribution in [2.45, 2.75) is 39.1 Å². The van der Waals surface area contributed by atoms with Crippen molar-refractivity contribution in [2.24, 2.45) is 0 Å². The first-order valence-electron chi connectivity index (χ1n) is 8.85. The minimum absolute atomic E-state index is 0.0216. The Hall–Kier alpha value is -2.31. The van der Waals surface area contributed by atoms with Gasteiger partial charge in [-0.1, -0.05) is 23.7 Å². The monoisotopic (exact) mass is 391 g/mol. The maximum Gasteiger partial charge on any atom is 0.375 e. The number of hydrogen-bond donors (Lipinski definition) is 0. The highest BCUT2D eigenvalue weighted by Crippen LogP contribution is 2.29. The number of carbonyl (C=O) groups excluding carboxylic acids is 2. The Morgan fingerprint density at radius 1 is 1.15 bits per heavy atom. The second-order valence-corrected chi connectivity index (χ2v) is 7.10. The number of rotatable bonds is 4. The molecule has 3 atom stereocenters. The molecule has 0 spiro atoms. The van der Waals surface area contributed by atoms with E-state index in [1.807, 2.05) is 26.0 Å². The molecule has 1 aromatic carbocycles. The standard InChI is InChI=1S/C20H22ClNO5/c1-12-10-22(11-13(2)25-12)19(23)14(3)26-20(24)18-9-8-17(27-18)15-6-4-5-7-16(15)21/h4-9,12-14H,10-11H2,1-3H3/t12-,13-,14+/m1/s1. The summed E-state index contributed by atoms with van der Waals surface area (Å²) in [5.41, 5.74) is 0.679. The van der Waals surface area contributed by atoms with Crippen LogP contribution in [0.25, 0.3) is 11.3 Å². The van der Waals surface area contributed by atoms with Gasteiger partial charge in [0.05, 0.1) is 17.2 Å². The first-order chi connectivity index (χ1) is 12.8. The molecule has 0 radical (unpaired) electrons.